The van der Waals surface area contributed by atoms with E-state index >= 15 is 0 Å². The van der Waals surface area contributed by atoms with Crippen LogP contribution in [0.2, 0.25) is 0 Å². The van der Waals surface area contributed by atoms with Gasteiger partial charge in [-0.1, -0.05) is 6.58 Å². The summed E-state index contributed by atoms with van der Waals surface area (Å²) in [4.78, 5) is 2.28. The summed E-state index contributed by atoms with van der Waals surface area (Å²) >= 11 is 0. The van der Waals surface area contributed by atoms with Crippen molar-refractivity contribution in [1.29, 1.82) is 0 Å². The fourth-order valence-electron chi connectivity index (χ4n) is 2.18. The lowest BCUT2D eigenvalue weighted by atomic mass is 10.1. The molecule has 0 aliphatic carbocycles. The lowest BCUT2D eigenvalue weighted by Gasteiger charge is -2.29. The average Bonchev–Trinajstić information content (AvgIpc) is 2.60. The molecule has 1 N–H and O–H groups in total. The molecule has 0 aromatic carbocycles. The third-order valence-electron chi connectivity index (χ3n) is 3.08. The summed E-state index contributed by atoms with van der Waals surface area (Å²) in [5.41, 5.74) is 2.26. The number of aryl methyl sites for hydroxylation is 1. The first-order valence-electron chi connectivity index (χ1n) is 5.76. The monoisotopic (exact) mass is 221 g/mol. The van der Waals surface area contributed by atoms with E-state index in [-0.39, 0.29) is 6.10 Å². The number of rotatable bonds is 3. The fourth-order valence-corrected chi connectivity index (χ4v) is 2.18. The van der Waals surface area contributed by atoms with E-state index in [0.29, 0.717) is 0 Å². The Kier molecular flexibility index (Phi) is 3.41. The Balaban J connectivity index is 2.02. The molecule has 0 radical (unpaired) electrons. The molecule has 2 rings (SSSR count). The minimum atomic E-state index is -0.163. The standard InChI is InChI=1S/C12H19N3O/c1-3-15-8-11(10(2)13-15)7-14-6-4-5-12(16)9-14/h3,8,12,16H,1,4-7,9H2,2H3/t12-/m0/s1. The highest BCUT2D eigenvalue weighted by Crippen LogP contribution is 2.15. The maximum atomic E-state index is 9.60. The molecule has 0 unspecified atom stereocenters. The second-order valence-corrected chi connectivity index (χ2v) is 4.43. The third-order valence-corrected chi connectivity index (χ3v) is 3.08. The molecule has 1 atom stereocenters. The van der Waals surface area contributed by atoms with Crippen LogP contribution in [0.1, 0.15) is 24.1 Å². The molecule has 1 saturated heterocycles. The topological polar surface area (TPSA) is 41.3 Å². The predicted octanol–water partition coefficient (Wildman–Crippen LogP) is 1.25. The van der Waals surface area contributed by atoms with Gasteiger partial charge in [-0.15, -0.1) is 0 Å². The molecular formula is C12H19N3O. The van der Waals surface area contributed by atoms with Crippen LogP contribution in [-0.4, -0.2) is 39.0 Å². The van der Waals surface area contributed by atoms with Crippen LogP contribution in [0.25, 0.3) is 6.20 Å². The largest absolute Gasteiger partial charge is 0.392 e. The Morgan fingerprint density at radius 2 is 2.50 bits per heavy atom. The summed E-state index contributed by atoms with van der Waals surface area (Å²) in [6.45, 7) is 8.41. The lowest BCUT2D eigenvalue weighted by Crippen LogP contribution is -2.37. The van der Waals surface area contributed by atoms with Crippen molar-refractivity contribution in [2.45, 2.75) is 32.4 Å². The highest BCUT2D eigenvalue weighted by molar-refractivity contribution is 5.23. The van der Waals surface area contributed by atoms with Gasteiger partial charge in [-0.2, -0.15) is 5.10 Å². The third kappa shape index (κ3) is 2.51. The van der Waals surface area contributed by atoms with Crippen LogP contribution >= 0.6 is 0 Å². The number of hydrogen-bond donors (Lipinski definition) is 1. The highest BCUT2D eigenvalue weighted by atomic mass is 16.3. The van der Waals surface area contributed by atoms with Crippen molar-refractivity contribution in [3.8, 4) is 0 Å². The van der Waals surface area contributed by atoms with Crippen molar-refractivity contribution in [3.63, 3.8) is 0 Å². The summed E-state index contributed by atoms with van der Waals surface area (Å²) in [6, 6.07) is 0. The van der Waals surface area contributed by atoms with Gasteiger partial charge < -0.3 is 5.11 Å². The van der Waals surface area contributed by atoms with Crippen LogP contribution in [-0.2, 0) is 6.54 Å². The van der Waals surface area contributed by atoms with E-state index in [1.54, 1.807) is 10.9 Å². The zero-order valence-electron chi connectivity index (χ0n) is 9.76. The lowest BCUT2D eigenvalue weighted by molar-refractivity contribution is 0.0667. The van der Waals surface area contributed by atoms with E-state index in [1.165, 1.54) is 5.56 Å². The van der Waals surface area contributed by atoms with E-state index in [1.807, 2.05) is 13.1 Å². The van der Waals surface area contributed by atoms with E-state index in [9.17, 15) is 5.11 Å². The second-order valence-electron chi connectivity index (χ2n) is 4.43. The number of piperidine rings is 1. The van der Waals surface area contributed by atoms with Crippen molar-refractivity contribution in [3.05, 3.63) is 24.0 Å². The number of likely N-dealkylation sites (tertiary alicyclic amines) is 1. The molecule has 1 aliphatic heterocycles. The van der Waals surface area contributed by atoms with E-state index < -0.39 is 0 Å². The summed E-state index contributed by atoms with van der Waals surface area (Å²) in [5.74, 6) is 0. The molecule has 0 saturated carbocycles. The van der Waals surface area contributed by atoms with Gasteiger partial charge in [-0.05, 0) is 26.3 Å². The number of hydrogen-bond acceptors (Lipinski definition) is 3. The number of aliphatic hydroxyl groups excluding tert-OH is 1. The molecule has 1 aliphatic rings. The van der Waals surface area contributed by atoms with Gasteiger partial charge in [-0.3, -0.25) is 4.90 Å². The minimum Gasteiger partial charge on any atom is -0.392 e. The Bertz CT molecular complexity index is 372. The quantitative estimate of drug-likeness (QED) is 0.835. The first-order chi connectivity index (χ1) is 7.69. The van der Waals surface area contributed by atoms with Gasteiger partial charge in [0.2, 0.25) is 0 Å². The van der Waals surface area contributed by atoms with Crippen LogP contribution in [0.5, 0.6) is 0 Å². The molecule has 16 heavy (non-hydrogen) atoms. The van der Waals surface area contributed by atoms with Crippen LogP contribution in [0.15, 0.2) is 12.8 Å². The van der Waals surface area contributed by atoms with E-state index in [2.05, 4.69) is 16.6 Å². The summed E-state index contributed by atoms with van der Waals surface area (Å²) < 4.78 is 1.74. The van der Waals surface area contributed by atoms with E-state index in [0.717, 1.165) is 38.2 Å². The van der Waals surface area contributed by atoms with Crippen molar-refractivity contribution in [1.82, 2.24) is 14.7 Å². The number of aromatic nitrogens is 2. The maximum Gasteiger partial charge on any atom is 0.0667 e. The van der Waals surface area contributed by atoms with Gasteiger partial charge in [-0.25, -0.2) is 4.68 Å². The predicted molar refractivity (Wildman–Crippen MR) is 63.9 cm³/mol. The SMILES string of the molecule is C=Cn1cc(CN2CCC[C@H](O)C2)c(C)n1. The zero-order chi connectivity index (χ0) is 11.5. The van der Waals surface area contributed by atoms with Gasteiger partial charge in [0.05, 0.1) is 11.8 Å². The van der Waals surface area contributed by atoms with Crippen molar-refractivity contribution < 1.29 is 5.11 Å². The van der Waals surface area contributed by atoms with Crippen LogP contribution < -0.4 is 0 Å². The molecule has 0 bridgehead atoms. The number of aliphatic hydroxyl groups is 1. The second kappa shape index (κ2) is 4.80. The molecule has 4 heteroatoms. The molecule has 1 aromatic rings. The molecule has 0 amide bonds. The first kappa shape index (κ1) is 11.4. The first-order valence-corrected chi connectivity index (χ1v) is 5.76. The van der Waals surface area contributed by atoms with Crippen molar-refractivity contribution >= 4 is 6.20 Å². The smallest absolute Gasteiger partial charge is 0.0667 e. The molecule has 1 fully saturated rings. The normalized spacial score (nSPS) is 22.2. The van der Waals surface area contributed by atoms with Gasteiger partial charge in [0.25, 0.3) is 0 Å². The maximum absolute atomic E-state index is 9.60. The van der Waals surface area contributed by atoms with Gasteiger partial charge >= 0.3 is 0 Å². The van der Waals surface area contributed by atoms with Crippen LogP contribution in [0.3, 0.4) is 0 Å². The van der Waals surface area contributed by atoms with Crippen molar-refractivity contribution in [2.75, 3.05) is 13.1 Å². The Morgan fingerprint density at radius 3 is 3.12 bits per heavy atom. The molecule has 4 nitrogen and oxygen atoms in total. The van der Waals surface area contributed by atoms with Crippen LogP contribution in [0.4, 0.5) is 0 Å². The molecule has 0 spiro atoms. The van der Waals surface area contributed by atoms with Gasteiger partial charge in [0.15, 0.2) is 0 Å². The fraction of sp³-hybridized carbons (Fsp3) is 0.583. The Hall–Kier alpha value is -1.13. The number of nitrogens with zero attached hydrogens (tertiary/aromatic N) is 3. The molecule has 1 aromatic heterocycles. The average molecular weight is 221 g/mol. The summed E-state index contributed by atoms with van der Waals surface area (Å²) in [5, 5.41) is 13.9. The van der Waals surface area contributed by atoms with Crippen LogP contribution in [0, 0.1) is 6.92 Å². The minimum absolute atomic E-state index is 0.163. The zero-order valence-corrected chi connectivity index (χ0v) is 9.76. The van der Waals surface area contributed by atoms with Gasteiger partial charge in [0, 0.05) is 31.0 Å². The molecule has 2 heterocycles. The summed E-state index contributed by atoms with van der Waals surface area (Å²) in [6.07, 6.45) is 5.55. The Labute approximate surface area is 96.2 Å². The molecule has 88 valence electrons. The summed E-state index contributed by atoms with van der Waals surface area (Å²) in [7, 11) is 0. The van der Waals surface area contributed by atoms with Crippen molar-refractivity contribution in [2.24, 2.45) is 0 Å². The van der Waals surface area contributed by atoms with E-state index in [4.69, 9.17) is 0 Å². The number of β-amino-alcohol motifs (C(OH)–C–C–N with tert-alkyl or cyclic N) is 1. The Morgan fingerprint density at radius 1 is 1.69 bits per heavy atom. The molecular weight excluding hydrogens is 202 g/mol. The highest BCUT2D eigenvalue weighted by Gasteiger charge is 2.18. The van der Waals surface area contributed by atoms with Gasteiger partial charge in [0.1, 0.15) is 0 Å².